The molecule has 1 aromatic heterocycles. The van der Waals surface area contributed by atoms with E-state index in [0.29, 0.717) is 0 Å². The Bertz CT molecular complexity index is 914. The van der Waals surface area contributed by atoms with Crippen LogP contribution >= 0.6 is 37.9 Å². The molecule has 0 bridgehead atoms. The topological polar surface area (TPSA) is 145 Å². The second-order valence-corrected chi connectivity index (χ2v) is 10.8. The average Bonchev–Trinajstić information content (AvgIpc) is 2.73. The van der Waals surface area contributed by atoms with Gasteiger partial charge in [-0.05, 0) is 0 Å². The van der Waals surface area contributed by atoms with Crippen molar-refractivity contribution >= 4 is 55.8 Å². The van der Waals surface area contributed by atoms with Gasteiger partial charge in [-0.2, -0.15) is 37.9 Å². The van der Waals surface area contributed by atoms with Crippen LogP contribution < -0.4 is 17.1 Å². The van der Waals surface area contributed by atoms with Crippen LogP contribution in [0.5, 0.6) is 0 Å². The van der Waals surface area contributed by atoms with Gasteiger partial charge in [0.1, 0.15) is 19.8 Å². The van der Waals surface area contributed by atoms with E-state index < -0.39 is 35.0 Å². The van der Waals surface area contributed by atoms with Crippen molar-refractivity contribution in [2.45, 2.75) is 82.8 Å². The number of esters is 3. The van der Waals surface area contributed by atoms with Gasteiger partial charge in [0, 0.05) is 15.7 Å². The van der Waals surface area contributed by atoms with Gasteiger partial charge in [0.2, 0.25) is 0 Å². The van der Waals surface area contributed by atoms with E-state index in [-0.39, 0.29) is 81.9 Å². The van der Waals surface area contributed by atoms with Crippen molar-refractivity contribution < 1.29 is 28.6 Å². The van der Waals surface area contributed by atoms with Crippen molar-refractivity contribution in [3.8, 4) is 0 Å². The highest BCUT2D eigenvalue weighted by molar-refractivity contribution is 7.81. The molecular weight excluding hydrogens is 546 g/mol. The Balaban J connectivity index is 0.0000130. The SMILES string of the molecule is C.CC(S)CC(=O)OCCn1c(=O)n(CCOC(=O)CC(C)S)c(=O)n(CCOC(=O)CC(C)S)c1=O. The number of ether oxygens (including phenoxy) is 3. The van der Waals surface area contributed by atoms with E-state index in [4.69, 9.17) is 14.2 Å². The average molecular weight is 584 g/mol. The van der Waals surface area contributed by atoms with Crippen LogP contribution in [0.1, 0.15) is 47.5 Å². The first-order valence-corrected chi connectivity index (χ1v) is 12.8. The summed E-state index contributed by atoms with van der Waals surface area (Å²) >= 11 is 12.3. The molecular formula is C22H37N3O9S3. The van der Waals surface area contributed by atoms with E-state index in [1.807, 2.05) is 0 Å². The molecule has 0 radical (unpaired) electrons. The molecule has 212 valence electrons. The fourth-order valence-electron chi connectivity index (χ4n) is 2.91. The van der Waals surface area contributed by atoms with E-state index >= 15 is 0 Å². The lowest BCUT2D eigenvalue weighted by Crippen LogP contribution is -2.55. The molecule has 0 saturated carbocycles. The van der Waals surface area contributed by atoms with Crippen molar-refractivity contribution in [2.24, 2.45) is 0 Å². The minimum absolute atomic E-state index is 0. The van der Waals surface area contributed by atoms with Crippen molar-refractivity contribution in [2.75, 3.05) is 19.8 Å². The smallest absolute Gasteiger partial charge is 0.336 e. The summed E-state index contributed by atoms with van der Waals surface area (Å²) in [6, 6.07) is 0. The Morgan fingerprint density at radius 1 is 0.595 bits per heavy atom. The summed E-state index contributed by atoms with van der Waals surface area (Å²) in [5.41, 5.74) is -2.88. The van der Waals surface area contributed by atoms with Gasteiger partial charge in [0.25, 0.3) is 0 Å². The van der Waals surface area contributed by atoms with Crippen LogP contribution in [0.2, 0.25) is 0 Å². The predicted molar refractivity (Wildman–Crippen MR) is 148 cm³/mol. The van der Waals surface area contributed by atoms with Gasteiger partial charge in [-0.25, -0.2) is 28.1 Å². The van der Waals surface area contributed by atoms with Crippen LogP contribution in [0.4, 0.5) is 0 Å². The fourth-order valence-corrected chi connectivity index (χ4v) is 3.36. The van der Waals surface area contributed by atoms with Gasteiger partial charge in [-0.3, -0.25) is 14.4 Å². The lowest BCUT2D eigenvalue weighted by molar-refractivity contribution is -0.144. The van der Waals surface area contributed by atoms with Gasteiger partial charge >= 0.3 is 35.0 Å². The van der Waals surface area contributed by atoms with Crippen molar-refractivity contribution in [1.29, 1.82) is 0 Å². The quantitative estimate of drug-likeness (QED) is 0.153. The fraction of sp³-hybridized carbons (Fsp3) is 0.727. The zero-order valence-electron chi connectivity index (χ0n) is 20.5. The summed E-state index contributed by atoms with van der Waals surface area (Å²) in [6.07, 6.45) is 0.108. The Hall–Kier alpha value is -2.13. The Morgan fingerprint density at radius 2 is 0.811 bits per heavy atom. The molecule has 0 aliphatic heterocycles. The van der Waals surface area contributed by atoms with Gasteiger partial charge < -0.3 is 14.2 Å². The third-order valence-corrected chi connectivity index (χ3v) is 5.05. The van der Waals surface area contributed by atoms with Crippen LogP contribution in [0.3, 0.4) is 0 Å². The number of hydrogen-bond donors (Lipinski definition) is 3. The first-order valence-electron chi connectivity index (χ1n) is 11.3. The third-order valence-electron chi connectivity index (χ3n) is 4.51. The highest BCUT2D eigenvalue weighted by atomic mass is 32.1. The third kappa shape index (κ3) is 12.8. The number of hydrogen-bond acceptors (Lipinski definition) is 12. The van der Waals surface area contributed by atoms with Crippen LogP contribution in [0.25, 0.3) is 0 Å². The Morgan fingerprint density at radius 3 is 1.00 bits per heavy atom. The van der Waals surface area contributed by atoms with E-state index in [1.165, 1.54) is 0 Å². The monoisotopic (exact) mass is 583 g/mol. The molecule has 3 atom stereocenters. The predicted octanol–water partition coefficient (Wildman–Crippen LogP) is 0.563. The molecule has 0 aliphatic carbocycles. The number of carbonyl (C=O) groups excluding carboxylic acids is 3. The van der Waals surface area contributed by atoms with Gasteiger partial charge in [0.05, 0.1) is 38.9 Å². The molecule has 37 heavy (non-hydrogen) atoms. The number of nitrogens with zero attached hydrogens (tertiary/aromatic N) is 3. The van der Waals surface area contributed by atoms with E-state index in [1.54, 1.807) is 20.8 Å². The lowest BCUT2D eigenvalue weighted by atomic mass is 10.3. The molecule has 1 heterocycles. The van der Waals surface area contributed by atoms with E-state index in [9.17, 15) is 28.8 Å². The number of carbonyl (C=O) groups is 3. The molecule has 1 rings (SSSR count). The van der Waals surface area contributed by atoms with Gasteiger partial charge in [-0.15, -0.1) is 0 Å². The highest BCUT2D eigenvalue weighted by Gasteiger charge is 2.18. The van der Waals surface area contributed by atoms with Gasteiger partial charge in [-0.1, -0.05) is 28.2 Å². The molecule has 0 N–H and O–H groups in total. The minimum Gasteiger partial charge on any atom is -0.464 e. The summed E-state index contributed by atoms with van der Waals surface area (Å²) in [6.45, 7) is 3.27. The molecule has 0 fully saturated rings. The first kappa shape index (κ1) is 34.9. The second-order valence-electron chi connectivity index (χ2n) is 8.12. The zero-order chi connectivity index (χ0) is 27.4. The lowest BCUT2D eigenvalue weighted by Gasteiger charge is -2.15. The second kappa shape index (κ2) is 17.4. The maximum Gasteiger partial charge on any atom is 0.336 e. The molecule has 12 nitrogen and oxygen atoms in total. The maximum absolute atomic E-state index is 12.9. The van der Waals surface area contributed by atoms with Crippen LogP contribution in [0, 0.1) is 0 Å². The molecule has 0 aromatic carbocycles. The summed E-state index contributed by atoms with van der Waals surface area (Å²) in [5, 5.41) is -0.706. The first-order chi connectivity index (χ1) is 16.8. The number of thiol groups is 3. The van der Waals surface area contributed by atoms with Crippen molar-refractivity contribution in [1.82, 2.24) is 13.7 Å². The number of aromatic nitrogens is 3. The number of rotatable bonds is 15. The van der Waals surface area contributed by atoms with Crippen LogP contribution in [0.15, 0.2) is 14.4 Å². The molecule has 3 unspecified atom stereocenters. The Labute approximate surface area is 231 Å². The largest absolute Gasteiger partial charge is 0.464 e. The Kier molecular flexibility index (Phi) is 16.4. The van der Waals surface area contributed by atoms with Crippen molar-refractivity contribution in [3.63, 3.8) is 0 Å². The highest BCUT2D eigenvalue weighted by Crippen LogP contribution is 2.02. The summed E-state index contributed by atoms with van der Waals surface area (Å²) in [5.74, 6) is -1.68. The van der Waals surface area contributed by atoms with Gasteiger partial charge in [0.15, 0.2) is 0 Å². The maximum atomic E-state index is 12.9. The van der Waals surface area contributed by atoms with Crippen LogP contribution in [-0.2, 0) is 48.2 Å². The van der Waals surface area contributed by atoms with E-state index in [2.05, 4.69) is 37.9 Å². The molecule has 0 spiro atoms. The molecule has 0 saturated heterocycles. The van der Waals surface area contributed by atoms with Crippen LogP contribution in [-0.4, -0.2) is 67.2 Å². The molecule has 0 amide bonds. The van der Waals surface area contributed by atoms with Crippen molar-refractivity contribution in [3.05, 3.63) is 31.5 Å². The standard InChI is InChI=1S/C21H33N3O9S3.CH4/c1-13(34)10-16(25)31-7-4-22-19(28)23(5-8-32-17(26)11-14(2)35)21(30)24(20(22)29)6-9-33-18(27)12-15(3)36;/h13-15,34-36H,4-12H2,1-3H3;1H4. The summed E-state index contributed by atoms with van der Waals surface area (Å²) < 4.78 is 17.3. The molecule has 1 aromatic rings. The van der Waals surface area contributed by atoms with E-state index in [0.717, 1.165) is 13.7 Å². The summed E-state index contributed by atoms with van der Waals surface area (Å²) in [7, 11) is 0. The normalized spacial score (nSPS) is 13.1. The minimum atomic E-state index is -0.959. The summed E-state index contributed by atoms with van der Waals surface area (Å²) in [4.78, 5) is 73.9. The molecule has 15 heteroatoms. The molecule has 0 aliphatic rings. The zero-order valence-corrected chi connectivity index (χ0v) is 23.1.